The van der Waals surface area contributed by atoms with Gasteiger partial charge in [-0.15, -0.1) is 0 Å². The molecule has 0 heterocycles. The molecule has 126 valence electrons. The van der Waals surface area contributed by atoms with Gasteiger partial charge in [0.2, 0.25) is 0 Å². The van der Waals surface area contributed by atoms with Gasteiger partial charge in [0, 0.05) is 20.0 Å². The molecular weight excluding hydrogens is 288 g/mol. The zero-order valence-corrected chi connectivity index (χ0v) is 13.7. The van der Waals surface area contributed by atoms with Crippen molar-refractivity contribution in [1.29, 1.82) is 0 Å². The van der Waals surface area contributed by atoms with E-state index in [0.29, 0.717) is 0 Å². The summed E-state index contributed by atoms with van der Waals surface area (Å²) in [7, 11) is 0. The highest BCUT2D eigenvalue weighted by atomic mass is 16.6. The lowest BCUT2D eigenvalue weighted by molar-refractivity contribution is -0.180. The number of aliphatic carboxylic acids is 1. The van der Waals surface area contributed by atoms with E-state index in [1.807, 2.05) is 13.8 Å². The number of ether oxygens (including phenoxy) is 1. The average Bonchev–Trinajstić information content (AvgIpc) is 2.42. The number of ketones is 1. The maximum atomic E-state index is 11.7. The Morgan fingerprint density at radius 2 is 1.82 bits per heavy atom. The number of carboxylic acid groups (broad SMARTS) is 1. The van der Waals surface area contributed by atoms with Gasteiger partial charge < -0.3 is 14.9 Å². The Bertz CT molecular complexity index is 424. The van der Waals surface area contributed by atoms with Gasteiger partial charge in [-0.25, -0.2) is 4.79 Å². The number of hydrogen-bond donors (Lipinski definition) is 2. The molecule has 0 bridgehead atoms. The van der Waals surface area contributed by atoms with E-state index in [2.05, 4.69) is 0 Å². The van der Waals surface area contributed by atoms with Gasteiger partial charge in [-0.2, -0.15) is 0 Å². The first kappa shape index (κ1) is 20.3. The highest BCUT2D eigenvalue weighted by molar-refractivity contribution is 6.07. The van der Waals surface area contributed by atoms with Gasteiger partial charge in [0.1, 0.15) is 0 Å². The van der Waals surface area contributed by atoms with Crippen molar-refractivity contribution in [2.24, 2.45) is 5.92 Å². The summed E-state index contributed by atoms with van der Waals surface area (Å²) < 4.78 is 4.81. The second kappa shape index (κ2) is 9.35. The van der Waals surface area contributed by atoms with Crippen molar-refractivity contribution in [3.63, 3.8) is 0 Å². The number of aliphatic hydroxyl groups is 1. The van der Waals surface area contributed by atoms with Crippen LogP contribution in [-0.4, -0.2) is 40.1 Å². The summed E-state index contributed by atoms with van der Waals surface area (Å²) in [5.41, 5.74) is -1.23. The van der Waals surface area contributed by atoms with Crippen LogP contribution in [0.1, 0.15) is 53.4 Å². The summed E-state index contributed by atoms with van der Waals surface area (Å²) in [6, 6.07) is 0. The Balaban J connectivity index is 4.86. The van der Waals surface area contributed by atoms with Crippen LogP contribution >= 0.6 is 0 Å². The molecule has 0 spiro atoms. The number of rotatable bonds is 10. The molecular formula is C16H26O6. The van der Waals surface area contributed by atoms with E-state index in [-0.39, 0.29) is 18.9 Å². The lowest BCUT2D eigenvalue weighted by Gasteiger charge is -2.25. The van der Waals surface area contributed by atoms with E-state index >= 15 is 0 Å². The van der Waals surface area contributed by atoms with E-state index in [4.69, 9.17) is 9.84 Å². The number of hydrogen-bond acceptors (Lipinski definition) is 5. The third-order valence-electron chi connectivity index (χ3n) is 3.55. The van der Waals surface area contributed by atoms with Gasteiger partial charge in [-0.1, -0.05) is 18.6 Å². The zero-order valence-electron chi connectivity index (χ0n) is 13.7. The topological polar surface area (TPSA) is 101 Å². The zero-order chi connectivity index (χ0) is 17.3. The molecule has 0 rings (SSSR count). The first-order chi connectivity index (χ1) is 10.2. The number of carbonyl (C=O) groups is 3. The fourth-order valence-corrected chi connectivity index (χ4v) is 2.02. The molecule has 0 saturated heterocycles. The number of aliphatic hydroxyl groups excluding tert-OH is 1. The summed E-state index contributed by atoms with van der Waals surface area (Å²) in [6.45, 7) is 6.10. The fraction of sp³-hybridized carbons (Fsp3) is 0.688. The first-order valence-corrected chi connectivity index (χ1v) is 7.36. The van der Waals surface area contributed by atoms with Gasteiger partial charge in [0.05, 0.1) is 0 Å². The molecule has 0 aromatic carbocycles. The molecule has 2 N–H and O–H groups in total. The molecule has 2 atom stereocenters. The molecule has 0 aliphatic heterocycles. The third-order valence-corrected chi connectivity index (χ3v) is 3.55. The predicted octanol–water partition coefficient (Wildman–Crippen LogP) is 2.10. The van der Waals surface area contributed by atoms with Crippen molar-refractivity contribution in [1.82, 2.24) is 0 Å². The Hall–Kier alpha value is -1.69. The number of allylic oxidation sites excluding steroid dienone is 1. The quantitative estimate of drug-likeness (QED) is 0.364. The normalized spacial score (nSPS) is 15.8. The van der Waals surface area contributed by atoms with Crippen LogP contribution in [0.2, 0.25) is 0 Å². The van der Waals surface area contributed by atoms with Gasteiger partial charge in [0.25, 0.3) is 5.60 Å². The van der Waals surface area contributed by atoms with Crippen LogP contribution in [0.5, 0.6) is 0 Å². The summed E-state index contributed by atoms with van der Waals surface area (Å²) in [5.74, 6) is -2.76. The molecule has 0 radical (unpaired) electrons. The lowest BCUT2D eigenvalue weighted by Crippen LogP contribution is -2.48. The number of carbonyl (C=O) groups excluding carboxylic acids is 2. The van der Waals surface area contributed by atoms with Crippen molar-refractivity contribution in [2.45, 2.75) is 59.0 Å². The lowest BCUT2D eigenvalue weighted by atomic mass is 9.92. The number of Topliss-reactive ketones (excluding diaryl/α,β-unsaturated/α-hetero) is 1. The molecule has 6 nitrogen and oxygen atoms in total. The van der Waals surface area contributed by atoms with E-state index in [1.54, 1.807) is 6.08 Å². The third kappa shape index (κ3) is 6.39. The van der Waals surface area contributed by atoms with Gasteiger partial charge in [0.15, 0.2) is 5.78 Å². The fourth-order valence-electron chi connectivity index (χ4n) is 2.02. The highest BCUT2D eigenvalue weighted by Crippen LogP contribution is 2.22. The molecule has 0 aromatic heterocycles. The predicted molar refractivity (Wildman–Crippen MR) is 81.3 cm³/mol. The SMILES string of the molecule is CC(=O)OC(CC=C(C)CCC[C@H](C)CO)(C(C)=O)C(=O)O. The van der Waals surface area contributed by atoms with E-state index in [9.17, 15) is 19.5 Å². The Kier molecular flexibility index (Phi) is 8.63. The van der Waals surface area contributed by atoms with Crippen LogP contribution in [0, 0.1) is 5.92 Å². The average molecular weight is 314 g/mol. The second-order valence-corrected chi connectivity index (χ2v) is 5.72. The van der Waals surface area contributed by atoms with Crippen molar-refractivity contribution in [3.05, 3.63) is 11.6 Å². The van der Waals surface area contributed by atoms with Crippen molar-refractivity contribution in [3.8, 4) is 0 Å². The van der Waals surface area contributed by atoms with Gasteiger partial charge in [-0.3, -0.25) is 9.59 Å². The number of esters is 1. The van der Waals surface area contributed by atoms with Crippen LogP contribution in [-0.2, 0) is 19.1 Å². The largest absolute Gasteiger partial charge is 0.478 e. The monoisotopic (exact) mass is 314 g/mol. The molecule has 0 amide bonds. The molecule has 22 heavy (non-hydrogen) atoms. The van der Waals surface area contributed by atoms with Crippen LogP contribution in [0.4, 0.5) is 0 Å². The van der Waals surface area contributed by atoms with E-state index < -0.39 is 23.3 Å². The van der Waals surface area contributed by atoms with Crippen LogP contribution in [0.25, 0.3) is 0 Å². The molecule has 0 aliphatic rings. The molecule has 0 aromatic rings. The minimum absolute atomic E-state index is 0.141. The highest BCUT2D eigenvalue weighted by Gasteiger charge is 2.46. The van der Waals surface area contributed by atoms with Gasteiger partial charge >= 0.3 is 11.9 Å². The van der Waals surface area contributed by atoms with Crippen molar-refractivity contribution in [2.75, 3.05) is 6.61 Å². The van der Waals surface area contributed by atoms with Crippen LogP contribution in [0.15, 0.2) is 11.6 Å². The Morgan fingerprint density at radius 1 is 1.23 bits per heavy atom. The molecule has 0 fully saturated rings. The first-order valence-electron chi connectivity index (χ1n) is 7.36. The Morgan fingerprint density at radius 3 is 2.23 bits per heavy atom. The number of carboxylic acids is 1. The minimum atomic E-state index is -2.15. The summed E-state index contributed by atoms with van der Waals surface area (Å²) in [5, 5.41) is 18.2. The van der Waals surface area contributed by atoms with Gasteiger partial charge in [-0.05, 0) is 39.0 Å². The summed E-state index contributed by atoms with van der Waals surface area (Å²) in [4.78, 5) is 34.2. The Labute approximate surface area is 131 Å². The minimum Gasteiger partial charge on any atom is -0.478 e. The van der Waals surface area contributed by atoms with E-state index in [1.165, 1.54) is 0 Å². The molecule has 0 saturated carbocycles. The second-order valence-electron chi connectivity index (χ2n) is 5.72. The maximum absolute atomic E-state index is 11.7. The summed E-state index contributed by atoms with van der Waals surface area (Å²) in [6.07, 6.45) is 3.90. The molecule has 0 aliphatic carbocycles. The smallest absolute Gasteiger partial charge is 0.356 e. The standard InChI is InChI=1S/C16H26O6/c1-11(6-5-7-12(2)10-17)8-9-16(13(3)18,15(20)21)22-14(4)19/h8,12,17H,5-7,9-10H2,1-4H3,(H,20,21)/t12-,16?/m0/s1. The van der Waals surface area contributed by atoms with E-state index in [0.717, 1.165) is 38.7 Å². The van der Waals surface area contributed by atoms with Crippen molar-refractivity contribution >= 4 is 17.7 Å². The van der Waals surface area contributed by atoms with Crippen LogP contribution < -0.4 is 0 Å². The summed E-state index contributed by atoms with van der Waals surface area (Å²) >= 11 is 0. The molecule has 1 unspecified atom stereocenters. The van der Waals surface area contributed by atoms with Crippen molar-refractivity contribution < 1.29 is 29.3 Å². The maximum Gasteiger partial charge on any atom is 0.356 e. The van der Waals surface area contributed by atoms with Crippen LogP contribution in [0.3, 0.4) is 0 Å². The molecule has 6 heteroatoms.